The van der Waals surface area contributed by atoms with E-state index in [-0.39, 0.29) is 23.9 Å². The van der Waals surface area contributed by atoms with Crippen LogP contribution in [0.5, 0.6) is 0 Å². The number of rotatable bonds is 8. The van der Waals surface area contributed by atoms with Gasteiger partial charge in [-0.25, -0.2) is 0 Å². The monoisotopic (exact) mass is 497 g/mol. The summed E-state index contributed by atoms with van der Waals surface area (Å²) in [6, 6.07) is 15.2. The molecular formula is C25H28ClN5O2S. The SMILES string of the molecule is COCCn1cccc1[C@H]1[C@H](c2ccccn2)NC(=S)N1c1ccc(NC(=O)C(C)C)c(Cl)c1. The number of nitrogens with zero attached hydrogens (tertiary/aromatic N) is 3. The standard InChI is InChI=1S/C25H28ClN5O2S/c1-16(2)24(32)28-19-10-9-17(15-18(19)26)31-23(21-8-6-12-30(21)13-14-33-3)22(29-25(31)34)20-7-4-5-11-27-20/h4-12,15-16,22-23H,13-14H2,1-3H3,(H,28,32)(H,29,34)/t22-,23-/m0/s1. The van der Waals surface area contributed by atoms with E-state index in [1.807, 2.05) is 62.5 Å². The Hall–Kier alpha value is -2.94. The number of carbonyl (C=O) groups excluding carboxylic acids is 1. The van der Waals surface area contributed by atoms with Gasteiger partial charge in [0.25, 0.3) is 0 Å². The second-order valence-corrected chi connectivity index (χ2v) is 9.22. The number of hydrogen-bond acceptors (Lipinski definition) is 4. The number of halogens is 1. The van der Waals surface area contributed by atoms with Crippen molar-refractivity contribution in [3.05, 3.63) is 77.3 Å². The molecule has 0 radical (unpaired) electrons. The van der Waals surface area contributed by atoms with Crippen molar-refractivity contribution in [3.63, 3.8) is 0 Å². The van der Waals surface area contributed by atoms with Gasteiger partial charge in [0.05, 0.1) is 29.1 Å². The van der Waals surface area contributed by atoms with Crippen LogP contribution in [0.1, 0.15) is 37.3 Å². The molecule has 7 nitrogen and oxygen atoms in total. The molecule has 0 aliphatic carbocycles. The molecule has 1 fully saturated rings. The highest BCUT2D eigenvalue weighted by molar-refractivity contribution is 7.80. The number of ether oxygens (including phenoxy) is 1. The number of carbonyl (C=O) groups is 1. The maximum atomic E-state index is 12.2. The van der Waals surface area contributed by atoms with E-state index in [4.69, 9.17) is 28.6 Å². The number of anilines is 2. The van der Waals surface area contributed by atoms with Crippen molar-refractivity contribution in [2.24, 2.45) is 5.92 Å². The molecule has 2 N–H and O–H groups in total. The predicted molar refractivity (Wildman–Crippen MR) is 139 cm³/mol. The van der Waals surface area contributed by atoms with E-state index in [0.29, 0.717) is 29.0 Å². The molecule has 0 bridgehead atoms. The summed E-state index contributed by atoms with van der Waals surface area (Å²) >= 11 is 12.4. The minimum absolute atomic E-state index is 0.0860. The summed E-state index contributed by atoms with van der Waals surface area (Å²) in [5.74, 6) is -0.230. The molecule has 1 aromatic carbocycles. The third-order valence-corrected chi connectivity index (χ3v) is 6.44. The number of aromatic nitrogens is 2. The second kappa shape index (κ2) is 10.5. The van der Waals surface area contributed by atoms with Crippen LogP contribution in [0, 0.1) is 5.92 Å². The number of benzene rings is 1. The molecule has 1 aliphatic heterocycles. The van der Waals surface area contributed by atoms with Crippen LogP contribution < -0.4 is 15.5 Å². The molecule has 9 heteroatoms. The van der Waals surface area contributed by atoms with Gasteiger partial charge in [-0.1, -0.05) is 31.5 Å². The number of amides is 1. The van der Waals surface area contributed by atoms with Gasteiger partial charge in [0, 0.05) is 43.3 Å². The van der Waals surface area contributed by atoms with Gasteiger partial charge in [0.2, 0.25) is 5.91 Å². The molecule has 0 spiro atoms. The molecule has 2 atom stereocenters. The molecule has 2 aromatic heterocycles. The van der Waals surface area contributed by atoms with Crippen LogP contribution in [-0.2, 0) is 16.1 Å². The molecule has 4 rings (SSSR count). The topological polar surface area (TPSA) is 71.4 Å². The molecular weight excluding hydrogens is 470 g/mol. The summed E-state index contributed by atoms with van der Waals surface area (Å²) in [6.45, 7) is 4.99. The quantitative estimate of drug-likeness (QED) is 0.429. The number of methoxy groups -OCH3 is 1. The third-order valence-electron chi connectivity index (χ3n) is 5.82. The van der Waals surface area contributed by atoms with Crippen molar-refractivity contribution >= 4 is 46.2 Å². The summed E-state index contributed by atoms with van der Waals surface area (Å²) in [4.78, 5) is 18.8. The Labute approximate surface area is 210 Å². The van der Waals surface area contributed by atoms with E-state index in [9.17, 15) is 4.79 Å². The summed E-state index contributed by atoms with van der Waals surface area (Å²) < 4.78 is 7.49. The highest BCUT2D eigenvalue weighted by atomic mass is 35.5. The average molecular weight is 498 g/mol. The maximum Gasteiger partial charge on any atom is 0.226 e. The first-order valence-electron chi connectivity index (χ1n) is 11.2. The first kappa shape index (κ1) is 24.2. The molecule has 0 saturated carbocycles. The van der Waals surface area contributed by atoms with Crippen LogP contribution in [0.4, 0.5) is 11.4 Å². The van der Waals surface area contributed by atoms with Crippen molar-refractivity contribution in [2.45, 2.75) is 32.5 Å². The van der Waals surface area contributed by atoms with E-state index in [1.54, 1.807) is 13.3 Å². The lowest BCUT2D eigenvalue weighted by Crippen LogP contribution is -2.30. The van der Waals surface area contributed by atoms with Crippen LogP contribution >= 0.6 is 23.8 Å². The molecule has 34 heavy (non-hydrogen) atoms. The van der Waals surface area contributed by atoms with Gasteiger partial charge in [-0.05, 0) is 54.7 Å². The number of thiocarbonyl (C=S) groups is 1. The number of pyridine rings is 1. The first-order chi connectivity index (χ1) is 16.4. The fourth-order valence-corrected chi connectivity index (χ4v) is 4.62. The summed E-state index contributed by atoms with van der Waals surface area (Å²) in [6.07, 6.45) is 3.83. The van der Waals surface area contributed by atoms with Crippen LogP contribution in [-0.4, -0.2) is 34.3 Å². The number of nitrogens with one attached hydrogen (secondary N) is 2. The highest BCUT2D eigenvalue weighted by Gasteiger charge is 2.42. The highest BCUT2D eigenvalue weighted by Crippen LogP contribution is 2.42. The van der Waals surface area contributed by atoms with E-state index < -0.39 is 0 Å². The zero-order chi connectivity index (χ0) is 24.2. The van der Waals surface area contributed by atoms with Gasteiger partial charge in [0.1, 0.15) is 6.04 Å². The van der Waals surface area contributed by atoms with Gasteiger partial charge in [-0.2, -0.15) is 0 Å². The van der Waals surface area contributed by atoms with Gasteiger partial charge in [-0.3, -0.25) is 9.78 Å². The van der Waals surface area contributed by atoms with Gasteiger partial charge >= 0.3 is 0 Å². The second-order valence-electron chi connectivity index (χ2n) is 8.42. The fraction of sp³-hybridized carbons (Fsp3) is 0.320. The third kappa shape index (κ3) is 4.94. The molecule has 3 heterocycles. The lowest BCUT2D eigenvalue weighted by Gasteiger charge is -2.29. The molecule has 3 aromatic rings. The van der Waals surface area contributed by atoms with E-state index in [0.717, 1.165) is 17.1 Å². The minimum atomic E-state index is -0.165. The Morgan fingerprint density at radius 2 is 2.09 bits per heavy atom. The zero-order valence-corrected chi connectivity index (χ0v) is 20.9. The van der Waals surface area contributed by atoms with Crippen LogP contribution in [0.2, 0.25) is 5.02 Å². The maximum absolute atomic E-state index is 12.2. The molecule has 178 valence electrons. The smallest absolute Gasteiger partial charge is 0.226 e. The average Bonchev–Trinajstić information content (AvgIpc) is 3.43. The van der Waals surface area contributed by atoms with Gasteiger partial charge in [-0.15, -0.1) is 0 Å². The lowest BCUT2D eigenvalue weighted by molar-refractivity contribution is -0.118. The Morgan fingerprint density at radius 1 is 1.26 bits per heavy atom. The predicted octanol–water partition coefficient (Wildman–Crippen LogP) is 4.95. The normalized spacial score (nSPS) is 17.8. The molecule has 1 saturated heterocycles. The van der Waals surface area contributed by atoms with Gasteiger partial charge in [0.15, 0.2) is 5.11 Å². The minimum Gasteiger partial charge on any atom is -0.383 e. The van der Waals surface area contributed by atoms with Crippen molar-refractivity contribution in [1.29, 1.82) is 0 Å². The van der Waals surface area contributed by atoms with E-state index >= 15 is 0 Å². The lowest BCUT2D eigenvalue weighted by atomic mass is 10.0. The summed E-state index contributed by atoms with van der Waals surface area (Å²) in [7, 11) is 1.69. The summed E-state index contributed by atoms with van der Waals surface area (Å²) in [5, 5.41) is 7.36. The van der Waals surface area contributed by atoms with Crippen LogP contribution in [0.25, 0.3) is 0 Å². The Morgan fingerprint density at radius 3 is 2.76 bits per heavy atom. The Balaban J connectivity index is 1.74. The van der Waals surface area contributed by atoms with Crippen LogP contribution in [0.15, 0.2) is 60.9 Å². The molecule has 0 unspecified atom stereocenters. The van der Waals surface area contributed by atoms with Crippen molar-refractivity contribution in [1.82, 2.24) is 14.9 Å². The first-order valence-corrected chi connectivity index (χ1v) is 11.9. The van der Waals surface area contributed by atoms with E-state index in [2.05, 4.69) is 31.2 Å². The summed E-state index contributed by atoms with van der Waals surface area (Å²) in [5.41, 5.74) is 3.37. The molecule has 1 aliphatic rings. The van der Waals surface area contributed by atoms with Crippen molar-refractivity contribution in [3.8, 4) is 0 Å². The van der Waals surface area contributed by atoms with Crippen molar-refractivity contribution < 1.29 is 9.53 Å². The van der Waals surface area contributed by atoms with Gasteiger partial charge < -0.3 is 24.8 Å². The van der Waals surface area contributed by atoms with Crippen molar-refractivity contribution in [2.75, 3.05) is 23.9 Å². The fourth-order valence-electron chi connectivity index (χ4n) is 4.05. The number of hydrogen-bond donors (Lipinski definition) is 2. The largest absolute Gasteiger partial charge is 0.383 e. The Bertz CT molecular complexity index is 1170. The Kier molecular flexibility index (Phi) is 7.50. The molecule has 1 amide bonds. The van der Waals surface area contributed by atoms with E-state index in [1.165, 1.54) is 0 Å². The zero-order valence-electron chi connectivity index (χ0n) is 19.4. The van der Waals surface area contributed by atoms with Crippen LogP contribution in [0.3, 0.4) is 0 Å².